The molecule has 0 radical (unpaired) electrons. The van der Waals surface area contributed by atoms with E-state index in [1.807, 2.05) is 29.5 Å². The number of hydrogen-bond acceptors (Lipinski definition) is 7. The van der Waals surface area contributed by atoms with Gasteiger partial charge in [0, 0.05) is 48.4 Å². The molecule has 0 bridgehead atoms. The number of nitrogens with two attached hydrogens (primary N) is 1. The number of nitrogens with one attached hydrogen (secondary N) is 1. The highest BCUT2D eigenvalue weighted by molar-refractivity contribution is 6.05. The molecule has 3 heterocycles. The highest BCUT2D eigenvalue weighted by Crippen LogP contribution is 2.39. The van der Waals surface area contributed by atoms with Crippen molar-refractivity contribution in [3.05, 3.63) is 84.0 Å². The summed E-state index contributed by atoms with van der Waals surface area (Å²) in [6.07, 6.45) is 3.54. The van der Waals surface area contributed by atoms with Crippen molar-refractivity contribution in [3.63, 3.8) is 0 Å². The van der Waals surface area contributed by atoms with E-state index >= 15 is 0 Å². The standard InChI is InChI=1S/C31H32F3N7O3/c1-39(2)14-6-10-25(42)40-15-5-9-23(40)29-38-26(27-28(35)36-13-16-41(27)29)19-7-4-8-20(17-19)30(43)37-21-11-12-24(44-3)22(18-21)31(32,33)34/h4,6-8,10-13,16-18,23H,5,9,14-15H2,1-3H3,(H2,35,36)(H,37,43)/b10-6+/t23-/m0/s1. The maximum absolute atomic E-state index is 13.5. The Morgan fingerprint density at radius 1 is 1.20 bits per heavy atom. The van der Waals surface area contributed by atoms with Gasteiger partial charge in [-0.15, -0.1) is 0 Å². The largest absolute Gasteiger partial charge is 0.496 e. The average molecular weight is 608 g/mol. The number of carbonyl (C=O) groups excluding carboxylic acids is 2. The minimum atomic E-state index is -4.66. The molecule has 0 aliphatic carbocycles. The highest BCUT2D eigenvalue weighted by atomic mass is 19.4. The Kier molecular flexibility index (Phi) is 8.59. The van der Waals surface area contributed by atoms with E-state index in [1.54, 1.807) is 47.6 Å². The van der Waals surface area contributed by atoms with Gasteiger partial charge in [0.05, 0.1) is 18.7 Å². The molecule has 230 valence electrons. The number of nitrogens with zero attached hydrogens (tertiary/aromatic N) is 5. The minimum absolute atomic E-state index is 0.0395. The van der Waals surface area contributed by atoms with Gasteiger partial charge in [0.2, 0.25) is 5.91 Å². The van der Waals surface area contributed by atoms with Crippen molar-refractivity contribution in [2.45, 2.75) is 25.1 Å². The first kappa shape index (κ1) is 30.5. The lowest BCUT2D eigenvalue weighted by Crippen LogP contribution is -2.30. The van der Waals surface area contributed by atoms with Crippen LogP contribution in [-0.4, -0.2) is 70.3 Å². The first-order chi connectivity index (χ1) is 21.0. The quantitative estimate of drug-likeness (QED) is 0.270. The molecule has 1 aliphatic rings. The summed E-state index contributed by atoms with van der Waals surface area (Å²) >= 11 is 0. The van der Waals surface area contributed by atoms with Crippen LogP contribution in [0, 0.1) is 0 Å². The van der Waals surface area contributed by atoms with Crippen molar-refractivity contribution in [3.8, 4) is 17.0 Å². The second-order valence-corrected chi connectivity index (χ2v) is 10.7. The smallest absolute Gasteiger partial charge is 0.420 e. The third kappa shape index (κ3) is 6.23. The fraction of sp³-hybridized carbons (Fsp3) is 0.290. The zero-order valence-electron chi connectivity index (χ0n) is 24.4. The minimum Gasteiger partial charge on any atom is -0.496 e. The third-order valence-corrected chi connectivity index (χ3v) is 7.34. The zero-order chi connectivity index (χ0) is 31.6. The van der Waals surface area contributed by atoms with Crippen LogP contribution < -0.4 is 15.8 Å². The number of aromatic nitrogens is 3. The van der Waals surface area contributed by atoms with Crippen LogP contribution in [0.2, 0.25) is 0 Å². The topological polar surface area (TPSA) is 118 Å². The van der Waals surface area contributed by atoms with Crippen LogP contribution in [0.1, 0.15) is 40.6 Å². The van der Waals surface area contributed by atoms with E-state index in [-0.39, 0.29) is 34.8 Å². The van der Waals surface area contributed by atoms with E-state index in [0.29, 0.717) is 42.1 Å². The number of amides is 2. The van der Waals surface area contributed by atoms with E-state index in [9.17, 15) is 22.8 Å². The van der Waals surface area contributed by atoms with Gasteiger partial charge in [-0.2, -0.15) is 13.2 Å². The summed E-state index contributed by atoms with van der Waals surface area (Å²) in [7, 11) is 4.99. The predicted molar refractivity (Wildman–Crippen MR) is 160 cm³/mol. The van der Waals surface area contributed by atoms with Crippen LogP contribution in [0.4, 0.5) is 24.7 Å². The molecule has 1 saturated heterocycles. The van der Waals surface area contributed by atoms with Crippen molar-refractivity contribution in [1.82, 2.24) is 24.2 Å². The number of nitrogen functional groups attached to an aromatic ring is 1. The van der Waals surface area contributed by atoms with Crippen LogP contribution >= 0.6 is 0 Å². The van der Waals surface area contributed by atoms with E-state index in [2.05, 4.69) is 10.3 Å². The Labute approximate surface area is 251 Å². The number of alkyl halides is 3. The average Bonchev–Trinajstić information content (AvgIpc) is 3.62. The van der Waals surface area contributed by atoms with Gasteiger partial charge in [-0.3, -0.25) is 14.0 Å². The van der Waals surface area contributed by atoms with Gasteiger partial charge in [0.25, 0.3) is 5.91 Å². The zero-order valence-corrected chi connectivity index (χ0v) is 24.4. The van der Waals surface area contributed by atoms with E-state index in [4.69, 9.17) is 15.5 Å². The summed E-state index contributed by atoms with van der Waals surface area (Å²) in [6, 6.07) is 9.55. The molecule has 0 unspecified atom stereocenters. The monoisotopic (exact) mass is 607 g/mol. The fourth-order valence-corrected chi connectivity index (χ4v) is 5.30. The summed E-state index contributed by atoms with van der Waals surface area (Å²) in [5.74, 6) is -0.240. The van der Waals surface area contributed by atoms with Crippen LogP contribution in [0.15, 0.2) is 67.0 Å². The summed E-state index contributed by atoms with van der Waals surface area (Å²) in [6.45, 7) is 1.21. The molecule has 0 spiro atoms. The number of imidazole rings is 1. The molecule has 5 rings (SSSR count). The lowest BCUT2D eigenvalue weighted by molar-refractivity contribution is -0.138. The number of ether oxygens (including phenoxy) is 1. The first-order valence-corrected chi connectivity index (χ1v) is 13.9. The molecule has 1 aliphatic heterocycles. The van der Waals surface area contributed by atoms with Gasteiger partial charge in [0.1, 0.15) is 28.6 Å². The number of fused-ring (bicyclic) bond motifs is 1. The number of rotatable bonds is 8. The summed E-state index contributed by atoms with van der Waals surface area (Å²) in [4.78, 5) is 39.2. The van der Waals surface area contributed by atoms with Gasteiger partial charge in [0.15, 0.2) is 0 Å². The molecule has 2 aromatic carbocycles. The molecular formula is C31H32F3N7O3. The Hall–Kier alpha value is -4.91. The van der Waals surface area contributed by atoms with Crippen LogP contribution in [0.25, 0.3) is 16.8 Å². The second-order valence-electron chi connectivity index (χ2n) is 10.7. The van der Waals surface area contributed by atoms with E-state index < -0.39 is 17.6 Å². The van der Waals surface area contributed by atoms with Crippen molar-refractivity contribution < 1.29 is 27.5 Å². The Morgan fingerprint density at radius 3 is 2.73 bits per heavy atom. The Balaban J connectivity index is 1.48. The van der Waals surface area contributed by atoms with E-state index in [1.165, 1.54) is 6.07 Å². The third-order valence-electron chi connectivity index (χ3n) is 7.34. The molecule has 44 heavy (non-hydrogen) atoms. The number of likely N-dealkylation sites (tertiary alicyclic amines) is 1. The number of benzene rings is 2. The second kappa shape index (κ2) is 12.4. The van der Waals surface area contributed by atoms with Crippen LogP contribution in [0.5, 0.6) is 5.75 Å². The molecule has 10 nitrogen and oxygen atoms in total. The fourth-order valence-electron chi connectivity index (χ4n) is 5.30. The van der Waals surface area contributed by atoms with Crippen molar-refractivity contribution in [2.24, 2.45) is 0 Å². The Bertz CT molecular complexity index is 1730. The molecule has 4 aromatic rings. The summed E-state index contributed by atoms with van der Waals surface area (Å²) < 4.78 is 47.1. The number of carbonyl (C=O) groups is 2. The maximum atomic E-state index is 13.5. The lowest BCUT2D eigenvalue weighted by Gasteiger charge is -2.22. The number of methoxy groups -OCH3 is 1. The van der Waals surface area contributed by atoms with Gasteiger partial charge in [-0.05, 0) is 57.3 Å². The summed E-state index contributed by atoms with van der Waals surface area (Å²) in [5.41, 5.74) is 7.01. The normalized spacial score (nSPS) is 15.4. The molecule has 1 atom stereocenters. The number of halogens is 3. The Morgan fingerprint density at radius 2 is 2.00 bits per heavy atom. The molecule has 2 aromatic heterocycles. The SMILES string of the molecule is COc1ccc(NC(=O)c2cccc(-c3nc([C@@H]4CCCN4C(=O)/C=C/CN(C)C)n4ccnc(N)c34)c2)cc1C(F)(F)F. The lowest BCUT2D eigenvalue weighted by atomic mass is 10.1. The number of likely N-dealkylation sites (N-methyl/N-ethyl adjacent to an activating group) is 1. The maximum Gasteiger partial charge on any atom is 0.420 e. The van der Waals surface area contributed by atoms with Crippen LogP contribution in [0.3, 0.4) is 0 Å². The molecule has 0 saturated carbocycles. The molecule has 3 N–H and O–H groups in total. The molecule has 1 fully saturated rings. The van der Waals surface area contributed by atoms with Crippen LogP contribution in [-0.2, 0) is 11.0 Å². The van der Waals surface area contributed by atoms with Crippen molar-refractivity contribution in [1.29, 1.82) is 0 Å². The molecule has 2 amide bonds. The van der Waals surface area contributed by atoms with Gasteiger partial charge in [-0.1, -0.05) is 18.2 Å². The first-order valence-electron chi connectivity index (χ1n) is 13.9. The van der Waals surface area contributed by atoms with Crippen molar-refractivity contribution >= 4 is 28.8 Å². The predicted octanol–water partition coefficient (Wildman–Crippen LogP) is 5.04. The van der Waals surface area contributed by atoms with Gasteiger partial charge in [-0.25, -0.2) is 9.97 Å². The number of anilines is 2. The van der Waals surface area contributed by atoms with E-state index in [0.717, 1.165) is 25.7 Å². The summed E-state index contributed by atoms with van der Waals surface area (Å²) in [5, 5.41) is 2.53. The molecular weight excluding hydrogens is 575 g/mol. The van der Waals surface area contributed by atoms with Gasteiger partial charge < -0.3 is 25.6 Å². The number of hydrogen-bond donors (Lipinski definition) is 2. The highest BCUT2D eigenvalue weighted by Gasteiger charge is 2.35. The van der Waals surface area contributed by atoms with Gasteiger partial charge >= 0.3 is 6.18 Å². The van der Waals surface area contributed by atoms with Crippen molar-refractivity contribution in [2.75, 3.05) is 45.3 Å². The molecule has 13 heteroatoms.